The number of rotatable bonds is 3. The Kier molecular flexibility index (Phi) is 3.74. The van der Waals surface area contributed by atoms with Gasteiger partial charge in [-0.2, -0.15) is 0 Å². The molecule has 5 nitrogen and oxygen atoms in total. The second kappa shape index (κ2) is 5.48. The van der Waals surface area contributed by atoms with Gasteiger partial charge in [-0.05, 0) is 42.8 Å². The Morgan fingerprint density at radius 2 is 2.00 bits per heavy atom. The van der Waals surface area contributed by atoms with E-state index in [1.165, 1.54) is 36.5 Å². The van der Waals surface area contributed by atoms with E-state index in [0.29, 0.717) is 5.56 Å². The lowest BCUT2D eigenvalue weighted by Gasteiger charge is -2.07. The van der Waals surface area contributed by atoms with Gasteiger partial charge < -0.3 is 10.5 Å². The van der Waals surface area contributed by atoms with E-state index < -0.39 is 17.7 Å². The normalized spacial score (nSPS) is 10.1. The van der Waals surface area contributed by atoms with Gasteiger partial charge in [0.2, 0.25) is 5.91 Å². The van der Waals surface area contributed by atoms with Crippen LogP contribution in [0.1, 0.15) is 26.4 Å². The summed E-state index contributed by atoms with van der Waals surface area (Å²) in [5, 5.41) is 0. The lowest BCUT2D eigenvalue weighted by molar-refractivity contribution is 0.0726. The van der Waals surface area contributed by atoms with Crippen molar-refractivity contribution in [2.24, 2.45) is 5.73 Å². The fourth-order valence-corrected chi connectivity index (χ4v) is 1.54. The van der Waals surface area contributed by atoms with Gasteiger partial charge in [0.1, 0.15) is 17.3 Å². The highest BCUT2D eigenvalue weighted by Crippen LogP contribution is 2.19. The second-order valence-corrected chi connectivity index (χ2v) is 4.10. The van der Waals surface area contributed by atoms with E-state index >= 15 is 0 Å². The minimum atomic E-state index is -0.698. The van der Waals surface area contributed by atoms with E-state index in [4.69, 9.17) is 10.5 Å². The van der Waals surface area contributed by atoms with E-state index in [1.54, 1.807) is 6.92 Å². The van der Waals surface area contributed by atoms with Gasteiger partial charge >= 0.3 is 5.97 Å². The molecule has 0 aliphatic rings. The molecule has 0 unspecified atom stereocenters. The molecule has 1 heterocycles. The van der Waals surface area contributed by atoms with Crippen molar-refractivity contribution in [2.75, 3.05) is 0 Å². The fraction of sp³-hybridized carbons (Fsp3) is 0.0714. The molecule has 0 aliphatic carbocycles. The first-order valence-electron chi connectivity index (χ1n) is 5.71. The monoisotopic (exact) mass is 274 g/mol. The highest BCUT2D eigenvalue weighted by atomic mass is 19.1. The Morgan fingerprint density at radius 3 is 2.55 bits per heavy atom. The van der Waals surface area contributed by atoms with Crippen LogP contribution in [0.2, 0.25) is 0 Å². The third-order valence-corrected chi connectivity index (χ3v) is 2.60. The summed E-state index contributed by atoms with van der Waals surface area (Å²) in [6, 6.07) is 6.52. The van der Waals surface area contributed by atoms with Crippen LogP contribution in [0.3, 0.4) is 0 Å². The summed E-state index contributed by atoms with van der Waals surface area (Å²) < 4.78 is 18.0. The van der Waals surface area contributed by atoms with Gasteiger partial charge in [0, 0.05) is 6.20 Å². The lowest BCUT2D eigenvalue weighted by atomic mass is 10.2. The van der Waals surface area contributed by atoms with Crippen LogP contribution in [0.5, 0.6) is 5.75 Å². The van der Waals surface area contributed by atoms with Crippen LogP contribution in [0.25, 0.3) is 0 Å². The summed E-state index contributed by atoms with van der Waals surface area (Å²) in [7, 11) is 0. The van der Waals surface area contributed by atoms with Gasteiger partial charge in [-0.15, -0.1) is 0 Å². The number of carbonyl (C=O) groups is 2. The highest BCUT2D eigenvalue weighted by Gasteiger charge is 2.13. The van der Waals surface area contributed by atoms with Crippen LogP contribution in [-0.4, -0.2) is 16.9 Å². The summed E-state index contributed by atoms with van der Waals surface area (Å²) in [6.07, 6.45) is 1.19. The van der Waals surface area contributed by atoms with Crippen molar-refractivity contribution in [3.63, 3.8) is 0 Å². The molecule has 2 aromatic rings. The first-order chi connectivity index (χ1) is 9.47. The van der Waals surface area contributed by atoms with E-state index in [0.717, 1.165) is 0 Å². The Balaban J connectivity index is 2.17. The maximum absolute atomic E-state index is 12.9. The fourth-order valence-electron chi connectivity index (χ4n) is 1.54. The Bertz CT molecular complexity index is 669. The van der Waals surface area contributed by atoms with Crippen molar-refractivity contribution in [3.8, 4) is 5.75 Å². The predicted molar refractivity (Wildman–Crippen MR) is 68.9 cm³/mol. The second-order valence-electron chi connectivity index (χ2n) is 4.10. The van der Waals surface area contributed by atoms with Crippen LogP contribution < -0.4 is 10.5 Å². The van der Waals surface area contributed by atoms with Crippen molar-refractivity contribution in [2.45, 2.75) is 6.92 Å². The van der Waals surface area contributed by atoms with Gasteiger partial charge in [0.05, 0.1) is 5.56 Å². The summed E-state index contributed by atoms with van der Waals surface area (Å²) in [4.78, 5) is 26.5. The molecule has 0 saturated heterocycles. The largest absolute Gasteiger partial charge is 0.422 e. The van der Waals surface area contributed by atoms with Crippen LogP contribution >= 0.6 is 0 Å². The molecule has 2 rings (SSSR count). The van der Waals surface area contributed by atoms with Gasteiger partial charge in [-0.1, -0.05) is 0 Å². The lowest BCUT2D eigenvalue weighted by Crippen LogP contribution is -2.14. The first-order valence-corrected chi connectivity index (χ1v) is 5.71. The van der Waals surface area contributed by atoms with E-state index in [2.05, 4.69) is 4.98 Å². The van der Waals surface area contributed by atoms with Crippen molar-refractivity contribution >= 4 is 11.9 Å². The number of esters is 1. The number of aromatic nitrogens is 1. The summed E-state index contributed by atoms with van der Waals surface area (Å²) >= 11 is 0. The molecule has 0 spiro atoms. The van der Waals surface area contributed by atoms with Gasteiger partial charge in [-0.3, -0.25) is 4.79 Å². The maximum Gasteiger partial charge on any atom is 0.362 e. The first kappa shape index (κ1) is 13.7. The standard InChI is InChI=1S/C14H11FN2O3/c1-8-6-10(15)3-5-12(8)20-14(19)11-4-2-9(7-17-11)13(16)18/h2-7H,1H3,(H2,16,18). The number of primary amides is 1. The van der Waals surface area contributed by atoms with Gasteiger partial charge in [-0.25, -0.2) is 14.2 Å². The third kappa shape index (κ3) is 2.97. The van der Waals surface area contributed by atoms with Gasteiger partial charge in [0.25, 0.3) is 0 Å². The SMILES string of the molecule is Cc1cc(F)ccc1OC(=O)c1ccc(C(N)=O)cn1. The molecule has 0 fully saturated rings. The topological polar surface area (TPSA) is 82.3 Å². The molecule has 1 aromatic carbocycles. The van der Waals surface area contributed by atoms with Crippen molar-refractivity contribution in [3.05, 3.63) is 59.2 Å². The van der Waals surface area contributed by atoms with Crippen LogP contribution in [-0.2, 0) is 0 Å². The smallest absolute Gasteiger partial charge is 0.362 e. The number of nitrogens with two attached hydrogens (primary N) is 1. The molecule has 1 aromatic heterocycles. The molecule has 0 bridgehead atoms. The Hall–Kier alpha value is -2.76. The minimum Gasteiger partial charge on any atom is -0.422 e. The van der Waals surface area contributed by atoms with Crippen LogP contribution in [0, 0.1) is 12.7 Å². The molecular weight excluding hydrogens is 263 g/mol. The number of aryl methyl sites for hydroxylation is 1. The molecule has 0 saturated carbocycles. The average Bonchev–Trinajstić information content (AvgIpc) is 2.42. The number of ether oxygens (including phenoxy) is 1. The number of nitrogens with zero attached hydrogens (tertiary/aromatic N) is 1. The van der Waals surface area contributed by atoms with Crippen molar-refractivity contribution < 1.29 is 18.7 Å². The molecular formula is C14H11FN2O3. The number of carbonyl (C=O) groups excluding carboxylic acids is 2. The molecule has 1 amide bonds. The Labute approximate surface area is 114 Å². The summed E-state index contributed by atoms with van der Waals surface area (Å²) in [6.45, 7) is 1.62. The van der Waals surface area contributed by atoms with Crippen LogP contribution in [0.15, 0.2) is 36.5 Å². The van der Waals surface area contributed by atoms with Crippen molar-refractivity contribution in [1.82, 2.24) is 4.98 Å². The molecule has 6 heteroatoms. The number of halogens is 1. The quantitative estimate of drug-likeness (QED) is 0.684. The average molecular weight is 274 g/mol. The predicted octanol–water partition coefficient (Wildman–Crippen LogP) is 1.85. The van der Waals surface area contributed by atoms with Crippen LogP contribution in [0.4, 0.5) is 4.39 Å². The molecule has 0 atom stereocenters. The van der Waals surface area contributed by atoms with E-state index in [9.17, 15) is 14.0 Å². The zero-order chi connectivity index (χ0) is 14.7. The van der Waals surface area contributed by atoms with Crippen molar-refractivity contribution in [1.29, 1.82) is 0 Å². The summed E-state index contributed by atoms with van der Waals surface area (Å²) in [5.41, 5.74) is 5.78. The molecule has 0 radical (unpaired) electrons. The highest BCUT2D eigenvalue weighted by molar-refractivity contribution is 5.94. The number of hydrogen-bond donors (Lipinski definition) is 1. The zero-order valence-electron chi connectivity index (χ0n) is 10.6. The van der Waals surface area contributed by atoms with E-state index in [-0.39, 0.29) is 17.0 Å². The summed E-state index contributed by atoms with van der Waals surface area (Å²) in [5.74, 6) is -1.49. The number of benzene rings is 1. The minimum absolute atomic E-state index is 0.0266. The molecule has 20 heavy (non-hydrogen) atoms. The van der Waals surface area contributed by atoms with E-state index in [1.807, 2.05) is 0 Å². The molecule has 2 N–H and O–H groups in total. The molecule has 0 aliphatic heterocycles. The molecule has 102 valence electrons. The maximum atomic E-state index is 12.9. The zero-order valence-corrected chi connectivity index (χ0v) is 10.6. The number of pyridine rings is 1. The van der Waals surface area contributed by atoms with Gasteiger partial charge in [0.15, 0.2) is 0 Å². The number of amides is 1. The number of hydrogen-bond acceptors (Lipinski definition) is 4. The third-order valence-electron chi connectivity index (χ3n) is 2.60. The Morgan fingerprint density at radius 1 is 1.25 bits per heavy atom.